The first-order valence-electron chi connectivity index (χ1n) is 6.36. The first-order chi connectivity index (χ1) is 10.2. The van der Waals surface area contributed by atoms with E-state index in [4.69, 9.17) is 9.84 Å². The lowest BCUT2D eigenvalue weighted by Crippen LogP contribution is -2.10. The number of aliphatic hydroxyl groups excluding tert-OH is 1. The van der Waals surface area contributed by atoms with Crippen LogP contribution in [0.4, 0.5) is 5.69 Å². The molecule has 0 saturated carbocycles. The van der Waals surface area contributed by atoms with E-state index in [0.717, 1.165) is 4.88 Å². The fourth-order valence-electron chi connectivity index (χ4n) is 1.63. The molecule has 0 atom stereocenters. The second kappa shape index (κ2) is 7.48. The zero-order valence-corrected chi connectivity index (χ0v) is 12.4. The van der Waals surface area contributed by atoms with Crippen LogP contribution in [0.15, 0.2) is 35.7 Å². The van der Waals surface area contributed by atoms with Gasteiger partial charge < -0.3 is 15.2 Å². The number of hydrogen-bond acceptors (Lipinski definition) is 4. The second-order valence-electron chi connectivity index (χ2n) is 4.16. The zero-order valence-electron chi connectivity index (χ0n) is 11.6. The van der Waals surface area contributed by atoms with Gasteiger partial charge in [-0.25, -0.2) is 0 Å². The van der Waals surface area contributed by atoms with Crippen LogP contribution in [0.1, 0.15) is 21.7 Å². The van der Waals surface area contributed by atoms with Gasteiger partial charge in [-0.1, -0.05) is 17.9 Å². The Bertz CT molecular complexity index is 682. The molecule has 1 amide bonds. The zero-order chi connectivity index (χ0) is 15.1. The summed E-state index contributed by atoms with van der Waals surface area (Å²) in [6, 6.07) is 8.93. The average Bonchev–Trinajstić information content (AvgIpc) is 2.97. The molecular formula is C16H15NO3S. The third-order valence-electron chi connectivity index (χ3n) is 2.64. The van der Waals surface area contributed by atoms with E-state index in [2.05, 4.69) is 17.2 Å². The van der Waals surface area contributed by atoms with Gasteiger partial charge in [-0.3, -0.25) is 4.79 Å². The quantitative estimate of drug-likeness (QED) is 0.854. The summed E-state index contributed by atoms with van der Waals surface area (Å²) in [5.41, 5.74) is 1.24. The van der Waals surface area contributed by atoms with Gasteiger partial charge in [0.2, 0.25) is 0 Å². The summed E-state index contributed by atoms with van der Waals surface area (Å²) < 4.78 is 5.11. The number of benzene rings is 1. The van der Waals surface area contributed by atoms with E-state index >= 15 is 0 Å². The summed E-state index contributed by atoms with van der Waals surface area (Å²) in [4.78, 5) is 12.9. The van der Waals surface area contributed by atoms with E-state index in [0.29, 0.717) is 23.4 Å². The summed E-state index contributed by atoms with van der Waals surface area (Å²) >= 11 is 1.41. The van der Waals surface area contributed by atoms with Crippen molar-refractivity contribution >= 4 is 22.9 Å². The van der Waals surface area contributed by atoms with Gasteiger partial charge in [-0.05, 0) is 18.2 Å². The van der Waals surface area contributed by atoms with Gasteiger partial charge in [0.15, 0.2) is 0 Å². The molecule has 4 nitrogen and oxygen atoms in total. The molecule has 0 aliphatic heterocycles. The highest BCUT2D eigenvalue weighted by Gasteiger charge is 2.08. The fraction of sp³-hybridized carbons (Fsp3) is 0.188. The van der Waals surface area contributed by atoms with Crippen LogP contribution >= 0.6 is 11.3 Å². The van der Waals surface area contributed by atoms with E-state index in [1.54, 1.807) is 30.7 Å². The Kier molecular flexibility index (Phi) is 5.38. The molecule has 0 aliphatic carbocycles. The lowest BCUT2D eigenvalue weighted by Gasteiger charge is -2.05. The number of methoxy groups -OCH3 is 1. The van der Waals surface area contributed by atoms with E-state index < -0.39 is 0 Å². The van der Waals surface area contributed by atoms with Crippen LogP contribution in [0.5, 0.6) is 5.75 Å². The summed E-state index contributed by atoms with van der Waals surface area (Å²) in [6.07, 6.45) is 0.434. The highest BCUT2D eigenvalue weighted by molar-refractivity contribution is 7.10. The number of carbonyl (C=O) groups excluding carboxylic acids is 1. The molecule has 1 heterocycles. The molecule has 0 bridgehead atoms. The van der Waals surface area contributed by atoms with Gasteiger partial charge >= 0.3 is 0 Å². The average molecular weight is 301 g/mol. The van der Waals surface area contributed by atoms with Gasteiger partial charge in [0, 0.05) is 23.6 Å². The third-order valence-corrected chi connectivity index (χ3v) is 3.48. The number of aliphatic hydroxyl groups is 1. The minimum absolute atomic E-state index is 0.0432. The summed E-state index contributed by atoms with van der Waals surface area (Å²) in [5.74, 6) is 6.25. The number of ether oxygens (including phenoxy) is 1. The Labute approximate surface area is 127 Å². The van der Waals surface area contributed by atoms with Crippen molar-refractivity contribution in [1.29, 1.82) is 0 Å². The number of hydrogen-bond donors (Lipinski definition) is 2. The van der Waals surface area contributed by atoms with Crippen molar-refractivity contribution in [2.75, 3.05) is 19.0 Å². The van der Waals surface area contributed by atoms with Crippen molar-refractivity contribution in [2.24, 2.45) is 0 Å². The second-order valence-corrected chi connectivity index (χ2v) is 5.07. The van der Waals surface area contributed by atoms with Crippen LogP contribution in [0, 0.1) is 11.8 Å². The van der Waals surface area contributed by atoms with Crippen molar-refractivity contribution in [3.8, 4) is 17.6 Å². The summed E-state index contributed by atoms with van der Waals surface area (Å²) in [5, 5.41) is 13.2. The Hall–Kier alpha value is -2.29. The largest absolute Gasteiger partial charge is 0.497 e. The monoisotopic (exact) mass is 301 g/mol. The highest BCUT2D eigenvalue weighted by Crippen LogP contribution is 2.19. The van der Waals surface area contributed by atoms with E-state index in [1.165, 1.54) is 11.3 Å². The predicted octanol–water partition coefficient (Wildman–Crippen LogP) is 2.74. The molecule has 1 aromatic carbocycles. The minimum Gasteiger partial charge on any atom is -0.497 e. The smallest absolute Gasteiger partial charge is 0.256 e. The summed E-state index contributed by atoms with van der Waals surface area (Å²) in [6.45, 7) is 0.0432. The van der Waals surface area contributed by atoms with Crippen LogP contribution < -0.4 is 10.1 Å². The molecular weight excluding hydrogens is 286 g/mol. The first kappa shape index (κ1) is 15.1. The fourth-order valence-corrected chi connectivity index (χ4v) is 2.39. The lowest BCUT2D eigenvalue weighted by atomic mass is 10.2. The molecule has 0 fully saturated rings. The van der Waals surface area contributed by atoms with Gasteiger partial charge in [0.05, 0.1) is 24.2 Å². The van der Waals surface area contributed by atoms with Crippen LogP contribution in [0.3, 0.4) is 0 Å². The molecule has 0 saturated heterocycles. The van der Waals surface area contributed by atoms with Crippen molar-refractivity contribution in [3.63, 3.8) is 0 Å². The predicted molar refractivity (Wildman–Crippen MR) is 83.8 cm³/mol. The molecule has 0 spiro atoms. The van der Waals surface area contributed by atoms with E-state index in [1.807, 2.05) is 12.1 Å². The molecule has 2 rings (SSSR count). The van der Waals surface area contributed by atoms with Crippen molar-refractivity contribution in [3.05, 3.63) is 46.2 Å². The van der Waals surface area contributed by atoms with Gasteiger partial charge in [0.1, 0.15) is 5.75 Å². The van der Waals surface area contributed by atoms with Crippen molar-refractivity contribution in [1.82, 2.24) is 0 Å². The number of thiophene rings is 1. The number of rotatable bonds is 4. The highest BCUT2D eigenvalue weighted by atomic mass is 32.1. The molecule has 0 radical (unpaired) electrons. The molecule has 5 heteroatoms. The molecule has 0 aliphatic rings. The SMILES string of the molecule is COc1cccc(NC(=O)c2csc(C#CCCO)c2)c1. The molecule has 2 aromatic rings. The van der Waals surface area contributed by atoms with Crippen molar-refractivity contribution < 1.29 is 14.6 Å². The maximum absolute atomic E-state index is 12.1. The maximum Gasteiger partial charge on any atom is 0.256 e. The van der Waals surface area contributed by atoms with Crippen LogP contribution in [-0.2, 0) is 0 Å². The van der Waals surface area contributed by atoms with E-state index in [-0.39, 0.29) is 12.5 Å². The van der Waals surface area contributed by atoms with E-state index in [9.17, 15) is 4.79 Å². The molecule has 108 valence electrons. The molecule has 1 aromatic heterocycles. The third kappa shape index (κ3) is 4.35. The number of carbonyl (C=O) groups is 1. The van der Waals surface area contributed by atoms with Crippen LogP contribution in [-0.4, -0.2) is 24.7 Å². The number of nitrogens with one attached hydrogen (secondary N) is 1. The van der Waals surface area contributed by atoms with Gasteiger partial charge in [-0.15, -0.1) is 11.3 Å². The minimum atomic E-state index is -0.185. The number of amides is 1. The van der Waals surface area contributed by atoms with Crippen molar-refractivity contribution in [2.45, 2.75) is 6.42 Å². The van der Waals surface area contributed by atoms with Crippen LogP contribution in [0.25, 0.3) is 0 Å². The Morgan fingerprint density at radius 3 is 3.05 bits per heavy atom. The Morgan fingerprint density at radius 1 is 1.43 bits per heavy atom. The maximum atomic E-state index is 12.1. The Balaban J connectivity index is 2.05. The normalized spacial score (nSPS) is 9.62. The number of anilines is 1. The topological polar surface area (TPSA) is 58.6 Å². The molecule has 21 heavy (non-hydrogen) atoms. The standard InChI is InChI=1S/C16H15NO3S/c1-20-14-6-4-5-13(10-14)17-16(19)12-9-15(21-11-12)7-2-3-8-18/h4-6,9-11,18H,3,8H2,1H3,(H,17,19). The lowest BCUT2D eigenvalue weighted by molar-refractivity contribution is 0.102. The van der Waals surface area contributed by atoms with Crippen LogP contribution in [0.2, 0.25) is 0 Å². The first-order valence-corrected chi connectivity index (χ1v) is 7.24. The molecule has 2 N–H and O–H groups in total. The molecule has 0 unspecified atom stereocenters. The summed E-state index contributed by atoms with van der Waals surface area (Å²) in [7, 11) is 1.58. The van der Waals surface area contributed by atoms with Gasteiger partial charge in [0.25, 0.3) is 5.91 Å². The van der Waals surface area contributed by atoms with Gasteiger partial charge in [-0.2, -0.15) is 0 Å². The Morgan fingerprint density at radius 2 is 2.29 bits per heavy atom.